The van der Waals surface area contributed by atoms with Gasteiger partial charge in [0, 0.05) is 52.1 Å². The zero-order valence-corrected chi connectivity index (χ0v) is 18.1. The Bertz CT molecular complexity index is 722. The number of amidine groups is 1. The van der Waals surface area contributed by atoms with Crippen molar-refractivity contribution < 1.29 is 14.6 Å². The summed E-state index contributed by atoms with van der Waals surface area (Å²) in [4.78, 5) is 2.07. The van der Waals surface area contributed by atoms with Gasteiger partial charge in [-0.05, 0) is 44.7 Å². The lowest BCUT2D eigenvalue weighted by molar-refractivity contribution is -0.0270. The van der Waals surface area contributed by atoms with Crippen molar-refractivity contribution in [3.8, 4) is 0 Å². The Labute approximate surface area is 169 Å². The molecule has 1 saturated heterocycles. The van der Waals surface area contributed by atoms with Crippen LogP contribution in [0.15, 0.2) is 23.4 Å². The minimum absolute atomic E-state index is 0.145. The second kappa shape index (κ2) is 9.54. The van der Waals surface area contributed by atoms with Crippen LogP contribution in [0.5, 0.6) is 0 Å². The number of piperidine rings is 1. The highest BCUT2D eigenvalue weighted by Crippen LogP contribution is 2.34. The highest BCUT2D eigenvalue weighted by atomic mass is 16.5. The summed E-state index contributed by atoms with van der Waals surface area (Å²) in [5, 5.41) is 23.5. The summed E-state index contributed by atoms with van der Waals surface area (Å²) in [6.07, 6.45) is 2.06. The van der Waals surface area contributed by atoms with Gasteiger partial charge >= 0.3 is 0 Å². The van der Waals surface area contributed by atoms with E-state index in [2.05, 4.69) is 43.1 Å². The smallest absolute Gasteiger partial charge is 0.130 e. The highest BCUT2D eigenvalue weighted by molar-refractivity contribution is 6.09. The maximum Gasteiger partial charge on any atom is 0.130 e. The molecule has 1 aromatic rings. The van der Waals surface area contributed by atoms with Gasteiger partial charge in [-0.25, -0.2) is 0 Å². The molecule has 6 heteroatoms. The molecule has 0 radical (unpaired) electrons. The zero-order valence-electron chi connectivity index (χ0n) is 18.1. The predicted octanol–water partition coefficient (Wildman–Crippen LogP) is 3.08. The van der Waals surface area contributed by atoms with Gasteiger partial charge in [-0.15, -0.1) is 0 Å². The molecule has 1 aromatic carbocycles. The van der Waals surface area contributed by atoms with E-state index in [1.807, 2.05) is 0 Å². The average Bonchev–Trinajstić information content (AvgIpc) is 2.62. The van der Waals surface area contributed by atoms with Crippen LogP contribution < -0.4 is 10.2 Å². The molecule has 6 nitrogen and oxygen atoms in total. The molecule has 1 unspecified atom stereocenters. The number of aryl methyl sites for hydroxylation is 3. The van der Waals surface area contributed by atoms with Crippen molar-refractivity contribution in [3.05, 3.63) is 40.1 Å². The first-order valence-electron chi connectivity index (χ1n) is 9.85. The van der Waals surface area contributed by atoms with Crippen molar-refractivity contribution in [3.63, 3.8) is 0 Å². The monoisotopic (exact) mass is 389 g/mol. The molecule has 28 heavy (non-hydrogen) atoms. The first-order valence-corrected chi connectivity index (χ1v) is 9.85. The fraction of sp³-hybridized carbons (Fsp3) is 0.591. The summed E-state index contributed by atoms with van der Waals surface area (Å²) >= 11 is 0. The van der Waals surface area contributed by atoms with E-state index >= 15 is 0 Å². The number of rotatable bonds is 8. The molecular formula is C22H35N3O3. The topological polar surface area (TPSA) is 77.8 Å². The van der Waals surface area contributed by atoms with Gasteiger partial charge in [0.05, 0.1) is 12.3 Å². The van der Waals surface area contributed by atoms with Crippen LogP contribution in [0.3, 0.4) is 0 Å². The molecule has 3 N–H and O–H groups in total. The third-order valence-electron chi connectivity index (χ3n) is 5.39. The van der Waals surface area contributed by atoms with Crippen LogP contribution in [0.2, 0.25) is 0 Å². The Balaban J connectivity index is 2.50. The quantitative estimate of drug-likeness (QED) is 0.637. The minimum Gasteiger partial charge on any atom is -0.389 e. The first-order chi connectivity index (χ1) is 13.3. The number of methoxy groups -OCH3 is 2. The zero-order chi connectivity index (χ0) is 20.9. The highest BCUT2D eigenvalue weighted by Gasteiger charge is 2.36. The molecule has 156 valence electrons. The summed E-state index contributed by atoms with van der Waals surface area (Å²) in [5.41, 5.74) is 4.93. The molecule has 0 saturated carbocycles. The summed E-state index contributed by atoms with van der Waals surface area (Å²) in [6, 6.07) is 4.32. The second-order valence-electron chi connectivity index (χ2n) is 7.66. The number of aliphatic hydroxyl groups is 1. The van der Waals surface area contributed by atoms with Crippen molar-refractivity contribution in [2.45, 2.75) is 45.6 Å². The van der Waals surface area contributed by atoms with Gasteiger partial charge in [-0.3, -0.25) is 5.41 Å². The largest absolute Gasteiger partial charge is 0.389 e. The predicted molar refractivity (Wildman–Crippen MR) is 114 cm³/mol. The summed E-state index contributed by atoms with van der Waals surface area (Å²) in [6.45, 7) is 7.64. The van der Waals surface area contributed by atoms with Crippen molar-refractivity contribution in [2.75, 3.05) is 45.9 Å². The molecule has 0 aliphatic carbocycles. The Morgan fingerprint density at radius 3 is 2.39 bits per heavy atom. The van der Waals surface area contributed by atoms with Crippen LogP contribution in [0.25, 0.3) is 0 Å². The van der Waals surface area contributed by atoms with E-state index in [9.17, 15) is 5.11 Å². The standard InChI is InChI=1S/C22H35N3O3/c1-15-12-16(2)19(17(3)13-15)25-10-7-8-18(21(25)23)20(24-4)22(26,14-28-6)9-11-27-5/h12-13,23-24,26H,7-11,14H2,1-6H3/b20-18-,23-21?. The lowest BCUT2D eigenvalue weighted by Crippen LogP contribution is -2.47. The van der Waals surface area contributed by atoms with Crippen molar-refractivity contribution in [1.82, 2.24) is 5.32 Å². The summed E-state index contributed by atoms with van der Waals surface area (Å²) < 4.78 is 10.5. The molecule has 0 amide bonds. The Morgan fingerprint density at radius 1 is 1.21 bits per heavy atom. The fourth-order valence-electron chi connectivity index (χ4n) is 4.32. The van der Waals surface area contributed by atoms with Gasteiger partial charge in [0.1, 0.15) is 11.4 Å². The molecule has 2 rings (SSSR count). The molecule has 1 heterocycles. The molecule has 1 atom stereocenters. The lowest BCUT2D eigenvalue weighted by Gasteiger charge is -2.38. The van der Waals surface area contributed by atoms with Crippen LogP contribution in [0.1, 0.15) is 36.0 Å². The number of hydrogen-bond acceptors (Lipinski definition) is 5. The van der Waals surface area contributed by atoms with E-state index < -0.39 is 5.60 Å². The van der Waals surface area contributed by atoms with E-state index in [0.29, 0.717) is 24.6 Å². The number of nitrogens with zero attached hydrogens (tertiary/aromatic N) is 1. The van der Waals surface area contributed by atoms with E-state index in [1.165, 1.54) is 16.7 Å². The first kappa shape index (κ1) is 22.4. The normalized spacial score (nSPS) is 18.8. The number of ether oxygens (including phenoxy) is 2. The maximum absolute atomic E-state index is 11.3. The van der Waals surface area contributed by atoms with Gasteiger partial charge in [0.25, 0.3) is 0 Å². The molecular weight excluding hydrogens is 354 g/mol. The van der Waals surface area contributed by atoms with Crippen molar-refractivity contribution >= 4 is 11.5 Å². The SMILES string of the molecule is CN/C(=C1/CCCN(c2c(C)cc(C)cc2C)C1=N)C(O)(CCOC)COC. The molecule has 1 aliphatic rings. The summed E-state index contributed by atoms with van der Waals surface area (Å²) in [7, 11) is 4.99. The van der Waals surface area contributed by atoms with E-state index in [1.54, 1.807) is 21.3 Å². The van der Waals surface area contributed by atoms with E-state index in [0.717, 1.165) is 30.6 Å². The second-order valence-corrected chi connectivity index (χ2v) is 7.66. The molecule has 1 fully saturated rings. The van der Waals surface area contributed by atoms with Crippen LogP contribution >= 0.6 is 0 Å². The molecule has 0 bridgehead atoms. The fourth-order valence-corrected chi connectivity index (χ4v) is 4.32. The number of likely N-dealkylation sites (N-methyl/N-ethyl adjacent to an activating group) is 1. The van der Waals surface area contributed by atoms with Crippen molar-refractivity contribution in [1.29, 1.82) is 5.41 Å². The third kappa shape index (κ3) is 4.57. The Hall–Kier alpha value is -1.89. The van der Waals surface area contributed by atoms with Crippen LogP contribution in [-0.2, 0) is 9.47 Å². The van der Waals surface area contributed by atoms with Gasteiger partial charge in [-0.2, -0.15) is 0 Å². The maximum atomic E-state index is 11.3. The molecule has 1 aliphatic heterocycles. The van der Waals surface area contributed by atoms with Gasteiger partial charge in [0.15, 0.2) is 0 Å². The van der Waals surface area contributed by atoms with Crippen LogP contribution in [-0.4, -0.2) is 57.6 Å². The Kier molecular flexibility index (Phi) is 7.63. The van der Waals surface area contributed by atoms with Crippen LogP contribution in [0.4, 0.5) is 5.69 Å². The third-order valence-corrected chi connectivity index (χ3v) is 5.39. The van der Waals surface area contributed by atoms with E-state index in [-0.39, 0.29) is 6.61 Å². The van der Waals surface area contributed by atoms with Crippen LogP contribution in [0, 0.1) is 26.2 Å². The Morgan fingerprint density at radius 2 is 1.86 bits per heavy atom. The minimum atomic E-state index is -1.22. The van der Waals surface area contributed by atoms with Gasteiger partial charge < -0.3 is 24.8 Å². The van der Waals surface area contributed by atoms with E-state index in [4.69, 9.17) is 14.9 Å². The summed E-state index contributed by atoms with van der Waals surface area (Å²) in [5.74, 6) is 0.442. The lowest BCUT2D eigenvalue weighted by atomic mass is 9.88. The van der Waals surface area contributed by atoms with Gasteiger partial charge in [-0.1, -0.05) is 17.7 Å². The number of nitrogens with one attached hydrogen (secondary N) is 2. The number of hydrogen-bond donors (Lipinski definition) is 3. The molecule has 0 aromatic heterocycles. The number of benzene rings is 1. The van der Waals surface area contributed by atoms with Crippen molar-refractivity contribution in [2.24, 2.45) is 0 Å². The molecule has 0 spiro atoms. The average molecular weight is 390 g/mol. The van der Waals surface area contributed by atoms with Gasteiger partial charge in [0.2, 0.25) is 0 Å². The number of anilines is 1.